The Hall–Kier alpha value is -2.53. The molecule has 2 amide bonds. The van der Waals surface area contributed by atoms with Gasteiger partial charge in [0.15, 0.2) is 0 Å². The fourth-order valence-electron chi connectivity index (χ4n) is 4.26. The number of amides is 2. The molecule has 2 aromatic carbocycles. The highest BCUT2D eigenvalue weighted by Crippen LogP contribution is 2.27. The van der Waals surface area contributed by atoms with E-state index in [1.807, 2.05) is 52.3 Å². The molecule has 0 atom stereocenters. The van der Waals surface area contributed by atoms with Crippen LogP contribution in [0.1, 0.15) is 41.6 Å². The summed E-state index contributed by atoms with van der Waals surface area (Å²) in [6, 6.07) is 14.8. The van der Waals surface area contributed by atoms with E-state index in [2.05, 4.69) is 0 Å². The van der Waals surface area contributed by atoms with E-state index >= 15 is 0 Å². The second-order valence-electron chi connectivity index (χ2n) is 8.05. The SMILES string of the molecule is O=C(c1cccc(OCc2cccc(Cl)c2)c1)N1CCN(C(=O)C2CCCC2)CC1. The van der Waals surface area contributed by atoms with E-state index in [1.165, 1.54) is 0 Å². The Balaban J connectivity index is 1.32. The van der Waals surface area contributed by atoms with Gasteiger partial charge in [-0.25, -0.2) is 0 Å². The molecule has 6 heteroatoms. The molecule has 1 aliphatic carbocycles. The largest absolute Gasteiger partial charge is 0.489 e. The first kappa shape index (κ1) is 20.7. The van der Waals surface area contributed by atoms with Crippen LogP contribution in [-0.4, -0.2) is 47.8 Å². The van der Waals surface area contributed by atoms with Crippen LogP contribution in [0.4, 0.5) is 0 Å². The van der Waals surface area contributed by atoms with Crippen LogP contribution in [-0.2, 0) is 11.4 Å². The third-order valence-electron chi connectivity index (χ3n) is 5.96. The van der Waals surface area contributed by atoms with E-state index < -0.39 is 0 Å². The molecule has 158 valence electrons. The molecule has 0 bridgehead atoms. The molecule has 0 spiro atoms. The number of rotatable bonds is 5. The first-order valence-corrected chi connectivity index (χ1v) is 11.0. The van der Waals surface area contributed by atoms with Crippen LogP contribution in [0.2, 0.25) is 5.02 Å². The van der Waals surface area contributed by atoms with Gasteiger partial charge in [0.25, 0.3) is 5.91 Å². The number of benzene rings is 2. The molecule has 2 aromatic rings. The lowest BCUT2D eigenvalue weighted by Gasteiger charge is -2.36. The first-order chi connectivity index (χ1) is 14.6. The van der Waals surface area contributed by atoms with E-state index in [4.69, 9.17) is 16.3 Å². The summed E-state index contributed by atoms with van der Waals surface area (Å²) in [5, 5.41) is 0.672. The zero-order chi connectivity index (χ0) is 20.9. The summed E-state index contributed by atoms with van der Waals surface area (Å²) in [6.45, 7) is 2.77. The van der Waals surface area contributed by atoms with Crippen LogP contribution in [0.5, 0.6) is 5.75 Å². The second-order valence-corrected chi connectivity index (χ2v) is 8.48. The molecule has 0 aromatic heterocycles. The van der Waals surface area contributed by atoms with Gasteiger partial charge < -0.3 is 14.5 Å². The lowest BCUT2D eigenvalue weighted by Crippen LogP contribution is -2.51. The maximum atomic E-state index is 13.0. The Bertz CT molecular complexity index is 903. The van der Waals surface area contributed by atoms with Crippen molar-refractivity contribution in [2.45, 2.75) is 32.3 Å². The van der Waals surface area contributed by atoms with Gasteiger partial charge in [-0.3, -0.25) is 9.59 Å². The minimum absolute atomic E-state index is 0.0174. The molecule has 1 saturated carbocycles. The summed E-state index contributed by atoms with van der Waals surface area (Å²) >= 11 is 6.02. The van der Waals surface area contributed by atoms with Crippen molar-refractivity contribution in [1.82, 2.24) is 9.80 Å². The lowest BCUT2D eigenvalue weighted by molar-refractivity contribution is -0.136. The number of carbonyl (C=O) groups is 2. The molecular formula is C24H27ClN2O3. The van der Waals surface area contributed by atoms with E-state index in [1.54, 1.807) is 6.07 Å². The van der Waals surface area contributed by atoms with Gasteiger partial charge in [-0.15, -0.1) is 0 Å². The zero-order valence-electron chi connectivity index (χ0n) is 17.1. The van der Waals surface area contributed by atoms with Crippen molar-refractivity contribution in [1.29, 1.82) is 0 Å². The summed E-state index contributed by atoms with van der Waals surface area (Å²) in [6.07, 6.45) is 4.34. The quantitative estimate of drug-likeness (QED) is 0.712. The van der Waals surface area contributed by atoms with E-state index in [0.29, 0.717) is 49.1 Å². The number of hydrogen-bond donors (Lipinski definition) is 0. The molecule has 1 heterocycles. The number of halogens is 1. The minimum atomic E-state index is -0.0174. The highest BCUT2D eigenvalue weighted by atomic mass is 35.5. The van der Waals surface area contributed by atoms with Crippen LogP contribution < -0.4 is 4.74 Å². The Labute approximate surface area is 182 Å². The molecule has 0 N–H and O–H groups in total. The van der Waals surface area contributed by atoms with Crippen LogP contribution in [0.25, 0.3) is 0 Å². The van der Waals surface area contributed by atoms with Crippen LogP contribution in [0, 0.1) is 5.92 Å². The summed E-state index contributed by atoms with van der Waals surface area (Å²) < 4.78 is 5.85. The van der Waals surface area contributed by atoms with Gasteiger partial charge in [0, 0.05) is 42.7 Å². The zero-order valence-corrected chi connectivity index (χ0v) is 17.8. The fourth-order valence-corrected chi connectivity index (χ4v) is 4.47. The summed E-state index contributed by atoms with van der Waals surface area (Å²) in [4.78, 5) is 29.3. The van der Waals surface area contributed by atoms with Gasteiger partial charge >= 0.3 is 0 Å². The molecule has 2 aliphatic rings. The second kappa shape index (κ2) is 9.52. The maximum absolute atomic E-state index is 13.0. The van der Waals surface area contributed by atoms with Crippen molar-refractivity contribution in [2.75, 3.05) is 26.2 Å². The average molecular weight is 427 g/mol. The number of nitrogens with zero attached hydrogens (tertiary/aromatic N) is 2. The van der Waals surface area contributed by atoms with Gasteiger partial charge in [0.1, 0.15) is 12.4 Å². The highest BCUT2D eigenvalue weighted by molar-refractivity contribution is 6.30. The van der Waals surface area contributed by atoms with Crippen molar-refractivity contribution in [3.8, 4) is 5.75 Å². The Morgan fingerprint density at radius 1 is 0.933 bits per heavy atom. The fraction of sp³-hybridized carbons (Fsp3) is 0.417. The van der Waals surface area contributed by atoms with Crippen LogP contribution in [0.3, 0.4) is 0 Å². The maximum Gasteiger partial charge on any atom is 0.254 e. The van der Waals surface area contributed by atoms with Gasteiger partial charge in [-0.2, -0.15) is 0 Å². The molecule has 1 aliphatic heterocycles. The monoisotopic (exact) mass is 426 g/mol. The topological polar surface area (TPSA) is 49.9 Å². The lowest BCUT2D eigenvalue weighted by atomic mass is 10.1. The van der Waals surface area contributed by atoms with Crippen molar-refractivity contribution < 1.29 is 14.3 Å². The third-order valence-corrected chi connectivity index (χ3v) is 6.19. The molecule has 0 unspecified atom stereocenters. The summed E-state index contributed by atoms with van der Waals surface area (Å²) in [7, 11) is 0. The van der Waals surface area contributed by atoms with Crippen LogP contribution >= 0.6 is 11.6 Å². The third kappa shape index (κ3) is 4.96. The van der Waals surface area contributed by atoms with Crippen molar-refractivity contribution in [3.05, 3.63) is 64.7 Å². The van der Waals surface area contributed by atoms with Crippen molar-refractivity contribution in [2.24, 2.45) is 5.92 Å². The predicted molar refractivity (Wildman–Crippen MR) is 117 cm³/mol. The molecule has 0 radical (unpaired) electrons. The summed E-state index contributed by atoms with van der Waals surface area (Å²) in [5.41, 5.74) is 1.58. The van der Waals surface area contributed by atoms with E-state index in [-0.39, 0.29) is 17.7 Å². The van der Waals surface area contributed by atoms with Gasteiger partial charge in [-0.1, -0.05) is 42.6 Å². The Morgan fingerprint density at radius 3 is 2.37 bits per heavy atom. The normalized spacial score (nSPS) is 17.2. The van der Waals surface area contributed by atoms with Gasteiger partial charge in [-0.05, 0) is 48.7 Å². The number of ether oxygens (including phenoxy) is 1. The van der Waals surface area contributed by atoms with Crippen molar-refractivity contribution >= 4 is 23.4 Å². The molecule has 2 fully saturated rings. The molecule has 30 heavy (non-hydrogen) atoms. The Morgan fingerprint density at radius 2 is 1.63 bits per heavy atom. The Kier molecular flexibility index (Phi) is 6.58. The average Bonchev–Trinajstić information content (AvgIpc) is 3.32. The number of hydrogen-bond acceptors (Lipinski definition) is 3. The first-order valence-electron chi connectivity index (χ1n) is 10.7. The van der Waals surface area contributed by atoms with E-state index in [9.17, 15) is 9.59 Å². The van der Waals surface area contributed by atoms with Crippen LogP contribution in [0.15, 0.2) is 48.5 Å². The molecule has 1 saturated heterocycles. The van der Waals surface area contributed by atoms with Crippen molar-refractivity contribution in [3.63, 3.8) is 0 Å². The predicted octanol–water partition coefficient (Wildman–Crippen LogP) is 4.39. The summed E-state index contributed by atoms with van der Waals surface area (Å²) in [5.74, 6) is 1.10. The molecular weight excluding hydrogens is 400 g/mol. The molecule has 5 nitrogen and oxygen atoms in total. The number of piperazine rings is 1. The minimum Gasteiger partial charge on any atom is -0.489 e. The highest BCUT2D eigenvalue weighted by Gasteiger charge is 2.30. The van der Waals surface area contributed by atoms with Gasteiger partial charge in [0.2, 0.25) is 5.91 Å². The number of carbonyl (C=O) groups excluding carboxylic acids is 2. The standard InChI is InChI=1S/C24H27ClN2O3/c25-21-9-3-5-18(15-21)17-30-22-10-4-8-20(16-22)24(29)27-13-11-26(12-14-27)23(28)19-6-1-2-7-19/h3-5,8-10,15-16,19H,1-2,6-7,11-14,17H2. The smallest absolute Gasteiger partial charge is 0.254 e. The molecule has 4 rings (SSSR count). The van der Waals surface area contributed by atoms with E-state index in [0.717, 1.165) is 31.2 Å². The van der Waals surface area contributed by atoms with Gasteiger partial charge in [0.05, 0.1) is 0 Å².